The minimum atomic E-state index is -0.514. The molecule has 3 rings (SSSR count). The maximum atomic E-state index is 12.6. The zero-order valence-electron chi connectivity index (χ0n) is 16.0. The van der Waals surface area contributed by atoms with Crippen LogP contribution in [0.2, 0.25) is 0 Å². The molecule has 0 aliphatic carbocycles. The molecule has 3 aromatic rings. The van der Waals surface area contributed by atoms with Crippen molar-refractivity contribution < 1.29 is 19.1 Å². The largest absolute Gasteiger partial charge is 0.454 e. The van der Waals surface area contributed by atoms with Gasteiger partial charge in [-0.05, 0) is 35.7 Å². The molecular formula is C23H21NO4S. The lowest BCUT2D eigenvalue weighted by molar-refractivity contribution is -0.119. The average molecular weight is 407 g/mol. The van der Waals surface area contributed by atoms with Crippen LogP contribution in [-0.4, -0.2) is 24.3 Å². The fourth-order valence-electron chi connectivity index (χ4n) is 2.80. The molecular weight excluding hydrogens is 386 g/mol. The molecule has 0 saturated heterocycles. The van der Waals surface area contributed by atoms with Gasteiger partial charge in [-0.3, -0.25) is 9.59 Å². The molecule has 6 heteroatoms. The summed E-state index contributed by atoms with van der Waals surface area (Å²) in [6.07, 6.45) is 0.609. The van der Waals surface area contributed by atoms with Crippen molar-refractivity contribution in [3.05, 3.63) is 93.2 Å². The Morgan fingerprint density at radius 2 is 1.66 bits per heavy atom. The summed E-state index contributed by atoms with van der Waals surface area (Å²) in [4.78, 5) is 37.3. The molecule has 0 radical (unpaired) electrons. The van der Waals surface area contributed by atoms with Gasteiger partial charge in [-0.1, -0.05) is 48.5 Å². The monoisotopic (exact) mass is 407 g/mol. The molecule has 0 unspecified atom stereocenters. The fraction of sp³-hybridized carbons (Fsp3) is 0.174. The third kappa shape index (κ3) is 5.86. The maximum Gasteiger partial charge on any atom is 0.338 e. The topological polar surface area (TPSA) is 72.5 Å². The molecule has 148 valence electrons. The summed E-state index contributed by atoms with van der Waals surface area (Å²) in [5.74, 6) is -0.910. The first-order valence-electron chi connectivity index (χ1n) is 9.18. The normalized spacial score (nSPS) is 10.4. The molecule has 5 nitrogen and oxygen atoms in total. The molecule has 1 heterocycles. The zero-order valence-corrected chi connectivity index (χ0v) is 16.8. The van der Waals surface area contributed by atoms with E-state index in [0.29, 0.717) is 23.4 Å². The van der Waals surface area contributed by atoms with Gasteiger partial charge in [0.15, 0.2) is 6.61 Å². The second kappa shape index (κ2) is 9.80. The number of benzene rings is 2. The summed E-state index contributed by atoms with van der Waals surface area (Å²) < 4.78 is 5.28. The summed E-state index contributed by atoms with van der Waals surface area (Å²) in [5.41, 5.74) is 2.40. The molecule has 0 fully saturated rings. The Bertz CT molecular complexity index is 1010. The van der Waals surface area contributed by atoms with Crippen LogP contribution in [0.3, 0.4) is 0 Å². The van der Waals surface area contributed by atoms with Gasteiger partial charge in [-0.2, -0.15) is 0 Å². The third-order valence-electron chi connectivity index (χ3n) is 4.26. The Kier molecular flexibility index (Phi) is 6.92. The van der Waals surface area contributed by atoms with Crippen molar-refractivity contribution in [2.24, 2.45) is 0 Å². The number of carbonyl (C=O) groups excluding carboxylic acids is 3. The highest BCUT2D eigenvalue weighted by molar-refractivity contribution is 7.14. The number of hydrogen-bond donors (Lipinski definition) is 1. The smallest absolute Gasteiger partial charge is 0.338 e. The van der Waals surface area contributed by atoms with E-state index in [4.69, 9.17) is 4.74 Å². The zero-order chi connectivity index (χ0) is 20.6. The van der Waals surface area contributed by atoms with Gasteiger partial charge in [0.2, 0.25) is 11.7 Å². The predicted molar refractivity (Wildman–Crippen MR) is 112 cm³/mol. The lowest BCUT2D eigenvalue weighted by atomic mass is 10.00. The molecule has 29 heavy (non-hydrogen) atoms. The summed E-state index contributed by atoms with van der Waals surface area (Å²) in [5, 5.41) is 2.69. The number of carbonyl (C=O) groups is 3. The minimum absolute atomic E-state index is 0.130. The van der Waals surface area contributed by atoms with Crippen LogP contribution < -0.4 is 5.32 Å². The number of hydrogen-bond acceptors (Lipinski definition) is 5. The molecule has 1 amide bonds. The van der Waals surface area contributed by atoms with Crippen molar-refractivity contribution >= 4 is 29.0 Å². The number of rotatable bonds is 8. The van der Waals surface area contributed by atoms with Crippen molar-refractivity contribution in [3.63, 3.8) is 0 Å². The van der Waals surface area contributed by atoms with E-state index < -0.39 is 5.97 Å². The van der Waals surface area contributed by atoms with Gasteiger partial charge in [0.25, 0.3) is 0 Å². The van der Waals surface area contributed by atoms with Crippen molar-refractivity contribution in [1.29, 1.82) is 0 Å². The van der Waals surface area contributed by atoms with Crippen molar-refractivity contribution in [3.8, 4) is 0 Å². The predicted octanol–water partition coefficient (Wildman–Crippen LogP) is 4.01. The van der Waals surface area contributed by atoms with Crippen molar-refractivity contribution in [2.75, 3.05) is 6.61 Å². The Balaban J connectivity index is 1.61. The van der Waals surface area contributed by atoms with Crippen LogP contribution in [0.4, 0.5) is 0 Å². The van der Waals surface area contributed by atoms with Crippen LogP contribution in [0.15, 0.2) is 66.7 Å². The number of amides is 1. The maximum absolute atomic E-state index is 12.6. The van der Waals surface area contributed by atoms with Crippen molar-refractivity contribution in [2.45, 2.75) is 19.9 Å². The van der Waals surface area contributed by atoms with Crippen molar-refractivity contribution in [1.82, 2.24) is 5.32 Å². The Morgan fingerprint density at radius 3 is 2.41 bits per heavy atom. The van der Waals surface area contributed by atoms with Gasteiger partial charge in [0.1, 0.15) is 0 Å². The van der Waals surface area contributed by atoms with Crippen LogP contribution in [0.25, 0.3) is 0 Å². The van der Waals surface area contributed by atoms with Gasteiger partial charge in [-0.25, -0.2) is 4.79 Å². The van der Waals surface area contributed by atoms with Crippen LogP contribution in [0.1, 0.15) is 43.0 Å². The summed E-state index contributed by atoms with van der Waals surface area (Å²) in [6, 6.07) is 20.6. The molecule has 1 aromatic heterocycles. The molecule has 0 saturated carbocycles. The summed E-state index contributed by atoms with van der Waals surface area (Å²) >= 11 is 1.28. The van der Waals surface area contributed by atoms with Gasteiger partial charge >= 0.3 is 5.97 Å². The highest BCUT2D eigenvalue weighted by Gasteiger charge is 2.16. The van der Waals surface area contributed by atoms with E-state index in [1.807, 2.05) is 42.5 Å². The van der Waals surface area contributed by atoms with E-state index in [0.717, 1.165) is 16.0 Å². The van der Waals surface area contributed by atoms with Gasteiger partial charge in [0.05, 0.1) is 17.0 Å². The summed E-state index contributed by atoms with van der Waals surface area (Å²) in [7, 11) is 0. The standard InChI is InChI=1S/C23H21NO4S/c1-16(25)24-14-19-11-12-22(29-19)21(26)15-28-23(27)20-10-6-5-9-18(20)13-17-7-3-2-4-8-17/h2-12H,13-15H2,1H3,(H,24,25). The quantitative estimate of drug-likeness (QED) is 0.452. The van der Waals surface area contributed by atoms with E-state index in [1.165, 1.54) is 18.3 Å². The fourth-order valence-corrected chi connectivity index (χ4v) is 3.68. The number of thiophene rings is 1. The van der Waals surface area contributed by atoms with Gasteiger partial charge in [0, 0.05) is 11.8 Å². The highest BCUT2D eigenvalue weighted by atomic mass is 32.1. The summed E-state index contributed by atoms with van der Waals surface area (Å²) in [6.45, 7) is 1.49. The van der Waals surface area contributed by atoms with E-state index in [9.17, 15) is 14.4 Å². The molecule has 0 atom stereocenters. The van der Waals surface area contributed by atoms with Gasteiger partial charge < -0.3 is 10.1 Å². The average Bonchev–Trinajstić information content (AvgIpc) is 3.21. The number of nitrogens with one attached hydrogen (secondary N) is 1. The number of ketones is 1. The first kappa shape index (κ1) is 20.5. The van der Waals surface area contributed by atoms with Crippen LogP contribution in [0.5, 0.6) is 0 Å². The molecule has 1 N–H and O–H groups in total. The Hall–Kier alpha value is -3.25. The minimum Gasteiger partial charge on any atom is -0.454 e. The third-order valence-corrected chi connectivity index (χ3v) is 5.38. The lowest BCUT2D eigenvalue weighted by Gasteiger charge is -2.09. The van der Waals surface area contributed by atoms with E-state index in [-0.39, 0.29) is 18.3 Å². The van der Waals surface area contributed by atoms with Crippen LogP contribution in [-0.2, 0) is 22.5 Å². The van der Waals surface area contributed by atoms with Crippen LogP contribution in [0, 0.1) is 0 Å². The van der Waals surface area contributed by atoms with E-state index in [1.54, 1.807) is 24.3 Å². The second-order valence-corrected chi connectivity index (χ2v) is 7.66. The second-order valence-electron chi connectivity index (χ2n) is 6.49. The molecule has 0 spiro atoms. The lowest BCUT2D eigenvalue weighted by Crippen LogP contribution is -2.18. The first-order chi connectivity index (χ1) is 14.0. The molecule has 0 aliphatic heterocycles. The number of ether oxygens (including phenoxy) is 1. The van der Waals surface area contributed by atoms with E-state index in [2.05, 4.69) is 5.32 Å². The number of esters is 1. The SMILES string of the molecule is CC(=O)NCc1ccc(C(=O)COC(=O)c2ccccc2Cc2ccccc2)s1. The molecule has 0 bridgehead atoms. The number of Topliss-reactive ketones (excluding diaryl/α,β-unsaturated/α-hetero) is 1. The van der Waals surface area contributed by atoms with Gasteiger partial charge in [-0.15, -0.1) is 11.3 Å². The molecule has 0 aliphatic rings. The van der Waals surface area contributed by atoms with E-state index >= 15 is 0 Å². The molecule has 2 aromatic carbocycles. The highest BCUT2D eigenvalue weighted by Crippen LogP contribution is 2.18. The Morgan fingerprint density at radius 1 is 0.931 bits per heavy atom. The first-order valence-corrected chi connectivity index (χ1v) is 10.00. The van der Waals surface area contributed by atoms with Crippen LogP contribution >= 0.6 is 11.3 Å². The Labute approximate surface area is 173 Å².